The van der Waals surface area contributed by atoms with E-state index in [4.69, 9.17) is 0 Å². The molecule has 1 heterocycles. The maximum absolute atomic E-state index is 12.6. The van der Waals surface area contributed by atoms with E-state index < -0.39 is 23.9 Å². The second-order valence-electron chi connectivity index (χ2n) is 6.03. The second kappa shape index (κ2) is 7.33. The highest BCUT2D eigenvalue weighted by molar-refractivity contribution is 5.80. The molecule has 1 amide bonds. The summed E-state index contributed by atoms with van der Waals surface area (Å²) in [6.45, 7) is 1.79. The SMILES string of the molecule is Cc1cc(C(F)(F)F)nn1CCNC(=O)[C@H](O)C1CCCCC1. The molecule has 1 aromatic rings. The van der Waals surface area contributed by atoms with Crippen LogP contribution in [0.25, 0.3) is 0 Å². The number of carbonyl (C=O) groups excluding carboxylic acids is 1. The van der Waals surface area contributed by atoms with Crippen molar-refractivity contribution < 1.29 is 23.1 Å². The van der Waals surface area contributed by atoms with Crippen molar-refractivity contribution in [1.29, 1.82) is 0 Å². The van der Waals surface area contributed by atoms with Gasteiger partial charge in [-0.25, -0.2) is 0 Å². The number of nitrogens with zero attached hydrogens (tertiary/aromatic N) is 2. The van der Waals surface area contributed by atoms with Crippen molar-refractivity contribution in [3.05, 3.63) is 17.5 Å². The van der Waals surface area contributed by atoms with Crippen molar-refractivity contribution in [3.8, 4) is 0 Å². The Balaban J connectivity index is 1.82. The van der Waals surface area contributed by atoms with Crippen molar-refractivity contribution in [1.82, 2.24) is 15.1 Å². The molecule has 1 atom stereocenters. The third kappa shape index (κ3) is 4.70. The predicted octanol–water partition coefficient (Wildman–Crippen LogP) is 2.27. The molecule has 23 heavy (non-hydrogen) atoms. The van der Waals surface area contributed by atoms with Crippen molar-refractivity contribution in [2.75, 3.05) is 6.54 Å². The molecule has 0 saturated heterocycles. The number of aryl methyl sites for hydroxylation is 1. The first-order valence-electron chi connectivity index (χ1n) is 7.86. The number of hydrogen-bond donors (Lipinski definition) is 2. The maximum atomic E-state index is 12.6. The summed E-state index contributed by atoms with van der Waals surface area (Å²) in [5, 5.41) is 16.1. The summed E-state index contributed by atoms with van der Waals surface area (Å²) in [5.41, 5.74) is -0.567. The van der Waals surface area contributed by atoms with Gasteiger partial charge in [-0.05, 0) is 31.7 Å². The van der Waals surface area contributed by atoms with E-state index in [0.29, 0.717) is 5.69 Å². The first-order chi connectivity index (χ1) is 10.8. The Labute approximate surface area is 132 Å². The zero-order valence-electron chi connectivity index (χ0n) is 13.1. The summed E-state index contributed by atoms with van der Waals surface area (Å²) < 4.78 is 38.9. The molecule has 1 aliphatic rings. The van der Waals surface area contributed by atoms with Crippen molar-refractivity contribution in [2.45, 2.75) is 57.9 Å². The van der Waals surface area contributed by atoms with Crippen molar-refractivity contribution in [2.24, 2.45) is 5.92 Å². The average Bonchev–Trinajstić information content (AvgIpc) is 2.89. The molecule has 0 radical (unpaired) electrons. The van der Waals surface area contributed by atoms with E-state index in [1.807, 2.05) is 0 Å². The van der Waals surface area contributed by atoms with Crippen LogP contribution in [0.15, 0.2) is 6.07 Å². The Morgan fingerprint density at radius 2 is 2.09 bits per heavy atom. The zero-order valence-corrected chi connectivity index (χ0v) is 13.1. The van der Waals surface area contributed by atoms with E-state index in [0.717, 1.165) is 38.2 Å². The second-order valence-corrected chi connectivity index (χ2v) is 6.03. The van der Waals surface area contributed by atoms with E-state index >= 15 is 0 Å². The van der Waals surface area contributed by atoms with E-state index in [2.05, 4.69) is 10.4 Å². The molecular formula is C15H22F3N3O2. The summed E-state index contributed by atoms with van der Waals surface area (Å²) in [4.78, 5) is 11.9. The number of halogens is 3. The van der Waals surface area contributed by atoms with Crippen molar-refractivity contribution in [3.63, 3.8) is 0 Å². The number of amides is 1. The Morgan fingerprint density at radius 1 is 1.43 bits per heavy atom. The number of rotatable bonds is 5. The molecule has 1 aromatic heterocycles. The lowest BCUT2D eigenvalue weighted by Gasteiger charge is -2.25. The molecule has 2 N–H and O–H groups in total. The number of alkyl halides is 3. The van der Waals surface area contributed by atoms with Crippen LogP contribution in [0.5, 0.6) is 0 Å². The first-order valence-corrected chi connectivity index (χ1v) is 7.86. The van der Waals surface area contributed by atoms with E-state index in [-0.39, 0.29) is 19.0 Å². The number of aromatic nitrogens is 2. The lowest BCUT2D eigenvalue weighted by atomic mass is 9.85. The van der Waals surface area contributed by atoms with Gasteiger partial charge < -0.3 is 10.4 Å². The van der Waals surface area contributed by atoms with Gasteiger partial charge in [0.25, 0.3) is 0 Å². The average molecular weight is 333 g/mol. The van der Waals surface area contributed by atoms with Gasteiger partial charge in [-0.2, -0.15) is 18.3 Å². The Kier molecular flexibility index (Phi) is 5.67. The minimum atomic E-state index is -4.48. The summed E-state index contributed by atoms with van der Waals surface area (Å²) in [6, 6.07) is 0.971. The smallest absolute Gasteiger partial charge is 0.383 e. The number of aliphatic hydroxyl groups excluding tert-OH is 1. The minimum absolute atomic E-state index is 0.0213. The third-order valence-corrected chi connectivity index (χ3v) is 4.26. The molecule has 1 fully saturated rings. The molecule has 2 rings (SSSR count). The summed E-state index contributed by atoms with van der Waals surface area (Å²) in [7, 11) is 0. The van der Waals surface area contributed by atoms with Crippen LogP contribution < -0.4 is 5.32 Å². The lowest BCUT2D eigenvalue weighted by molar-refractivity contribution is -0.141. The molecular weight excluding hydrogens is 311 g/mol. The van der Waals surface area contributed by atoms with Crippen LogP contribution in [0.2, 0.25) is 0 Å². The highest BCUT2D eigenvalue weighted by Gasteiger charge is 2.34. The first kappa shape index (κ1) is 17.8. The van der Waals surface area contributed by atoms with Gasteiger partial charge in [-0.3, -0.25) is 9.48 Å². The maximum Gasteiger partial charge on any atom is 0.435 e. The molecule has 0 unspecified atom stereocenters. The van der Waals surface area contributed by atoms with Crippen LogP contribution in [0, 0.1) is 12.8 Å². The van der Waals surface area contributed by atoms with Crippen LogP contribution in [-0.2, 0) is 17.5 Å². The quantitative estimate of drug-likeness (QED) is 0.869. The van der Waals surface area contributed by atoms with E-state index in [1.54, 1.807) is 0 Å². The summed E-state index contributed by atoms with van der Waals surface area (Å²) in [6.07, 6.45) is -0.686. The molecule has 5 nitrogen and oxygen atoms in total. The lowest BCUT2D eigenvalue weighted by Crippen LogP contribution is -2.41. The van der Waals surface area contributed by atoms with Gasteiger partial charge in [0.1, 0.15) is 6.10 Å². The third-order valence-electron chi connectivity index (χ3n) is 4.26. The molecule has 1 aliphatic carbocycles. The number of aliphatic hydroxyl groups is 1. The largest absolute Gasteiger partial charge is 0.435 e. The fourth-order valence-electron chi connectivity index (χ4n) is 2.93. The highest BCUT2D eigenvalue weighted by atomic mass is 19.4. The van der Waals surface area contributed by atoms with Gasteiger partial charge >= 0.3 is 6.18 Å². The predicted molar refractivity (Wildman–Crippen MR) is 77.6 cm³/mol. The fraction of sp³-hybridized carbons (Fsp3) is 0.733. The molecule has 0 spiro atoms. The zero-order chi connectivity index (χ0) is 17.0. The van der Waals surface area contributed by atoms with Crippen LogP contribution in [0.4, 0.5) is 13.2 Å². The molecule has 130 valence electrons. The van der Waals surface area contributed by atoms with Crippen LogP contribution in [0.1, 0.15) is 43.5 Å². The van der Waals surface area contributed by atoms with Gasteiger partial charge in [0.05, 0.1) is 6.54 Å². The van der Waals surface area contributed by atoms with Crippen LogP contribution in [0.3, 0.4) is 0 Å². The number of hydrogen-bond acceptors (Lipinski definition) is 3. The Morgan fingerprint density at radius 3 is 2.65 bits per heavy atom. The van der Waals surface area contributed by atoms with Crippen LogP contribution in [-0.4, -0.2) is 33.4 Å². The van der Waals surface area contributed by atoms with Gasteiger partial charge in [-0.1, -0.05) is 19.3 Å². The monoisotopic (exact) mass is 333 g/mol. The molecule has 1 saturated carbocycles. The normalized spacial score (nSPS) is 18.0. The number of carbonyl (C=O) groups is 1. The fourth-order valence-corrected chi connectivity index (χ4v) is 2.93. The van der Waals surface area contributed by atoms with Gasteiger partial charge in [0, 0.05) is 12.2 Å². The standard InChI is InChI=1S/C15H22F3N3O2/c1-10-9-12(15(16,17)18)20-21(10)8-7-19-14(23)13(22)11-5-3-2-4-6-11/h9,11,13,22H,2-8H2,1H3,(H,19,23)/t13-/m1/s1. The molecule has 0 bridgehead atoms. The minimum Gasteiger partial charge on any atom is -0.383 e. The molecule has 8 heteroatoms. The Bertz CT molecular complexity index is 537. The van der Waals surface area contributed by atoms with Gasteiger partial charge in [-0.15, -0.1) is 0 Å². The topological polar surface area (TPSA) is 67.2 Å². The summed E-state index contributed by atoms with van der Waals surface area (Å²) >= 11 is 0. The molecule has 0 aliphatic heterocycles. The van der Waals surface area contributed by atoms with Crippen LogP contribution >= 0.6 is 0 Å². The van der Waals surface area contributed by atoms with Gasteiger partial charge in [0.2, 0.25) is 5.91 Å². The highest BCUT2D eigenvalue weighted by Crippen LogP contribution is 2.28. The number of nitrogens with one attached hydrogen (secondary N) is 1. The Hall–Kier alpha value is -1.57. The molecule has 0 aromatic carbocycles. The van der Waals surface area contributed by atoms with E-state index in [9.17, 15) is 23.1 Å². The summed E-state index contributed by atoms with van der Waals surface area (Å²) in [5.74, 6) is -0.482. The van der Waals surface area contributed by atoms with Gasteiger partial charge in [0.15, 0.2) is 5.69 Å². The van der Waals surface area contributed by atoms with Crippen molar-refractivity contribution >= 4 is 5.91 Å². The van der Waals surface area contributed by atoms with E-state index in [1.165, 1.54) is 11.6 Å².